The van der Waals surface area contributed by atoms with Crippen LogP contribution in [0.25, 0.3) is 22.6 Å². The lowest BCUT2D eigenvalue weighted by molar-refractivity contribution is 0.0924. The van der Waals surface area contributed by atoms with E-state index >= 15 is 0 Å². The number of fused-ring (bicyclic) bond motifs is 2. The zero-order valence-corrected chi connectivity index (χ0v) is 18.5. The molecule has 1 amide bonds. The number of aryl methyl sites for hydroxylation is 2. The van der Waals surface area contributed by atoms with Gasteiger partial charge in [-0.05, 0) is 58.0 Å². The van der Waals surface area contributed by atoms with Crippen molar-refractivity contribution in [2.24, 2.45) is 0 Å². The fraction of sp³-hybridized carbons (Fsp3) is 0.391. The Morgan fingerprint density at radius 3 is 2.81 bits per heavy atom. The van der Waals surface area contributed by atoms with E-state index in [-0.39, 0.29) is 17.2 Å². The predicted octanol–water partition coefficient (Wildman–Crippen LogP) is 3.01. The number of nitrogens with zero attached hydrogens (tertiary/aromatic N) is 6. The van der Waals surface area contributed by atoms with E-state index in [0.29, 0.717) is 23.8 Å². The molecule has 1 N–H and O–H groups in total. The molecule has 32 heavy (non-hydrogen) atoms. The van der Waals surface area contributed by atoms with E-state index < -0.39 is 5.82 Å². The normalized spacial score (nSPS) is 17.3. The van der Waals surface area contributed by atoms with Gasteiger partial charge in [0.25, 0.3) is 5.91 Å². The number of likely N-dealkylation sites (N-methyl/N-ethyl adjacent to an activating group) is 1. The predicted molar refractivity (Wildman–Crippen MR) is 119 cm³/mol. The zero-order valence-electron chi connectivity index (χ0n) is 18.5. The summed E-state index contributed by atoms with van der Waals surface area (Å²) in [5.41, 5.74) is 4.12. The molecule has 0 bridgehead atoms. The number of piperidine rings is 1. The molecule has 0 aromatic carbocycles. The first-order chi connectivity index (χ1) is 15.4. The van der Waals surface area contributed by atoms with Crippen molar-refractivity contribution >= 4 is 17.2 Å². The van der Waals surface area contributed by atoms with Crippen LogP contribution in [0.3, 0.4) is 0 Å². The molecule has 0 unspecified atom stereocenters. The summed E-state index contributed by atoms with van der Waals surface area (Å²) in [7, 11) is 2.08. The molecular weight excluding hydrogens is 409 g/mol. The summed E-state index contributed by atoms with van der Waals surface area (Å²) in [6, 6.07) is 3.61. The van der Waals surface area contributed by atoms with Crippen molar-refractivity contribution in [3.05, 3.63) is 53.5 Å². The summed E-state index contributed by atoms with van der Waals surface area (Å²) in [5.74, 6) is -0.798. The number of imidazole rings is 2. The number of hydrogen-bond donors (Lipinski definition) is 1. The molecule has 4 aromatic heterocycles. The summed E-state index contributed by atoms with van der Waals surface area (Å²) in [5, 5.41) is 7.53. The SMILES string of the molecule is Cc1cn2nc(-c3cc(F)c4nc(C(=O)NC[C@H]5CCCCN5C)cn4c3)cc(C)c2n1. The second kappa shape index (κ2) is 7.98. The molecule has 1 aliphatic rings. The van der Waals surface area contributed by atoms with E-state index in [1.165, 1.54) is 18.9 Å². The third kappa shape index (κ3) is 3.73. The van der Waals surface area contributed by atoms with Gasteiger partial charge in [-0.2, -0.15) is 5.10 Å². The van der Waals surface area contributed by atoms with Crippen molar-refractivity contribution in [3.8, 4) is 11.3 Å². The maximum Gasteiger partial charge on any atom is 0.271 e. The molecule has 9 heteroatoms. The average molecular weight is 436 g/mol. The van der Waals surface area contributed by atoms with Gasteiger partial charge >= 0.3 is 0 Å². The Labute approximate surface area is 185 Å². The summed E-state index contributed by atoms with van der Waals surface area (Å²) in [4.78, 5) is 23.6. The van der Waals surface area contributed by atoms with Gasteiger partial charge in [-0.15, -0.1) is 0 Å². The molecule has 4 aromatic rings. The number of halogens is 1. The lowest BCUT2D eigenvalue weighted by Gasteiger charge is -2.32. The Morgan fingerprint density at radius 1 is 1.16 bits per heavy atom. The van der Waals surface area contributed by atoms with Crippen molar-refractivity contribution in [1.29, 1.82) is 0 Å². The van der Waals surface area contributed by atoms with Crippen LogP contribution < -0.4 is 5.32 Å². The molecular formula is C23H26FN7O. The second-order valence-corrected chi connectivity index (χ2v) is 8.64. The van der Waals surface area contributed by atoms with Crippen LogP contribution in [-0.4, -0.2) is 61.0 Å². The molecule has 1 fully saturated rings. The first-order valence-electron chi connectivity index (χ1n) is 10.9. The first-order valence-corrected chi connectivity index (χ1v) is 10.9. The number of hydrogen-bond acceptors (Lipinski definition) is 5. The molecule has 5 rings (SSSR count). The third-order valence-corrected chi connectivity index (χ3v) is 6.18. The quantitative estimate of drug-likeness (QED) is 0.533. The van der Waals surface area contributed by atoms with Crippen LogP contribution in [0.15, 0.2) is 30.7 Å². The minimum absolute atomic E-state index is 0.116. The standard InChI is InChI=1S/C23H26FN7O/c1-14-8-19(28-31-11-15(2)26-21(14)31)16-9-18(24)22-27-20(13-30(22)12-16)23(32)25-10-17-6-4-5-7-29(17)3/h8-9,11-13,17H,4-7,10H2,1-3H3,(H,25,32)/t17-/m1/s1. The summed E-state index contributed by atoms with van der Waals surface area (Å²) in [6.07, 6.45) is 8.57. The Balaban J connectivity index is 1.42. The zero-order chi connectivity index (χ0) is 22.4. The van der Waals surface area contributed by atoms with Gasteiger partial charge in [0, 0.05) is 30.5 Å². The number of carbonyl (C=O) groups excluding carboxylic acids is 1. The topological polar surface area (TPSA) is 79.8 Å². The largest absolute Gasteiger partial charge is 0.349 e. The summed E-state index contributed by atoms with van der Waals surface area (Å²) in [6.45, 7) is 5.46. The Bertz CT molecular complexity index is 1330. The van der Waals surface area contributed by atoms with Gasteiger partial charge in [0.05, 0.1) is 17.6 Å². The molecule has 0 saturated carbocycles. The van der Waals surface area contributed by atoms with Crippen LogP contribution >= 0.6 is 0 Å². The summed E-state index contributed by atoms with van der Waals surface area (Å²) < 4.78 is 18.1. The molecule has 0 radical (unpaired) electrons. The highest BCUT2D eigenvalue weighted by Crippen LogP contribution is 2.23. The average Bonchev–Trinajstić information content (AvgIpc) is 3.36. The van der Waals surface area contributed by atoms with E-state index in [1.54, 1.807) is 21.3 Å². The number of rotatable bonds is 4. The van der Waals surface area contributed by atoms with Crippen molar-refractivity contribution < 1.29 is 9.18 Å². The molecule has 1 aliphatic heterocycles. The molecule has 0 spiro atoms. The van der Waals surface area contributed by atoms with Gasteiger partial charge in [0.2, 0.25) is 0 Å². The van der Waals surface area contributed by atoms with Crippen LogP contribution in [0.5, 0.6) is 0 Å². The molecule has 5 heterocycles. The van der Waals surface area contributed by atoms with Crippen LogP contribution in [-0.2, 0) is 0 Å². The number of nitrogens with one attached hydrogen (secondary N) is 1. The highest BCUT2D eigenvalue weighted by Gasteiger charge is 2.21. The molecule has 166 valence electrons. The Hall–Kier alpha value is -3.33. The van der Waals surface area contributed by atoms with Crippen molar-refractivity contribution in [1.82, 2.24) is 34.2 Å². The fourth-order valence-corrected chi connectivity index (χ4v) is 4.40. The number of pyridine rings is 1. The maximum absolute atomic E-state index is 14.9. The summed E-state index contributed by atoms with van der Waals surface area (Å²) >= 11 is 0. The molecule has 1 atom stereocenters. The second-order valence-electron chi connectivity index (χ2n) is 8.64. The molecule has 1 saturated heterocycles. The van der Waals surface area contributed by atoms with E-state index in [9.17, 15) is 9.18 Å². The fourth-order valence-electron chi connectivity index (χ4n) is 4.40. The molecule has 8 nitrogen and oxygen atoms in total. The van der Waals surface area contributed by atoms with Gasteiger partial charge in [-0.1, -0.05) is 6.42 Å². The van der Waals surface area contributed by atoms with E-state index in [0.717, 1.165) is 29.9 Å². The highest BCUT2D eigenvalue weighted by molar-refractivity contribution is 5.93. The van der Waals surface area contributed by atoms with Crippen LogP contribution in [0.2, 0.25) is 0 Å². The van der Waals surface area contributed by atoms with Gasteiger partial charge in [-0.3, -0.25) is 4.79 Å². The maximum atomic E-state index is 14.9. The smallest absolute Gasteiger partial charge is 0.271 e. The van der Waals surface area contributed by atoms with E-state index in [2.05, 4.69) is 32.3 Å². The first kappa shape index (κ1) is 20.6. The van der Waals surface area contributed by atoms with Gasteiger partial charge in [-0.25, -0.2) is 18.9 Å². The number of carbonyl (C=O) groups is 1. The van der Waals surface area contributed by atoms with Gasteiger partial charge in [0.15, 0.2) is 17.1 Å². The Morgan fingerprint density at radius 2 is 2.00 bits per heavy atom. The van der Waals surface area contributed by atoms with Crippen molar-refractivity contribution in [3.63, 3.8) is 0 Å². The number of likely N-dealkylation sites (tertiary alicyclic amines) is 1. The molecule has 0 aliphatic carbocycles. The monoisotopic (exact) mass is 435 g/mol. The Kier molecular flexibility index (Phi) is 5.13. The minimum Gasteiger partial charge on any atom is -0.349 e. The van der Waals surface area contributed by atoms with Crippen molar-refractivity contribution in [2.75, 3.05) is 20.1 Å². The van der Waals surface area contributed by atoms with Crippen LogP contribution in [0.1, 0.15) is 41.0 Å². The minimum atomic E-state index is -0.505. The number of aromatic nitrogens is 5. The number of amides is 1. The van der Waals surface area contributed by atoms with E-state index in [1.807, 2.05) is 26.1 Å². The van der Waals surface area contributed by atoms with Crippen LogP contribution in [0.4, 0.5) is 4.39 Å². The van der Waals surface area contributed by atoms with Crippen LogP contribution in [0, 0.1) is 19.7 Å². The van der Waals surface area contributed by atoms with Crippen molar-refractivity contribution in [2.45, 2.75) is 39.2 Å². The third-order valence-electron chi connectivity index (χ3n) is 6.18. The van der Waals surface area contributed by atoms with E-state index in [4.69, 9.17) is 0 Å². The highest BCUT2D eigenvalue weighted by atomic mass is 19.1. The lowest BCUT2D eigenvalue weighted by atomic mass is 10.0. The lowest BCUT2D eigenvalue weighted by Crippen LogP contribution is -2.44. The van der Waals surface area contributed by atoms with Gasteiger partial charge in [0.1, 0.15) is 5.69 Å². The van der Waals surface area contributed by atoms with Gasteiger partial charge < -0.3 is 14.6 Å².